The molecule has 1 fully saturated rings. The topological polar surface area (TPSA) is 107 Å². The van der Waals surface area contributed by atoms with Gasteiger partial charge in [0, 0.05) is 48.7 Å². The van der Waals surface area contributed by atoms with Crippen molar-refractivity contribution in [3.8, 4) is 0 Å². The molecular weight excluding hydrogens is 591 g/mol. The lowest BCUT2D eigenvalue weighted by Crippen LogP contribution is -2.62. The summed E-state index contributed by atoms with van der Waals surface area (Å²) in [6, 6.07) is 15.0. The summed E-state index contributed by atoms with van der Waals surface area (Å²) in [4.78, 5) is 39.6. The Kier molecular flexibility index (Phi) is 5.71. The van der Waals surface area contributed by atoms with Crippen LogP contribution in [-0.2, 0) is 31.3 Å². The molecule has 3 aliphatic heterocycles. The third kappa shape index (κ3) is 3.56. The molecule has 0 radical (unpaired) electrons. The maximum absolute atomic E-state index is 13.5. The van der Waals surface area contributed by atoms with Gasteiger partial charge in [-0.2, -0.15) is 13.2 Å². The average Bonchev–Trinajstić information content (AvgIpc) is 3.66. The second kappa shape index (κ2) is 9.21. The number of hydrogen-bond acceptors (Lipinski definition) is 5. The number of aromatic nitrogens is 2. The Bertz CT molecular complexity index is 2130. The zero-order valence-corrected chi connectivity index (χ0v) is 24.5. The molecule has 1 saturated heterocycles. The van der Waals surface area contributed by atoms with E-state index in [1.54, 1.807) is 5.32 Å². The summed E-state index contributed by atoms with van der Waals surface area (Å²) in [7, 11) is 3.01. The van der Waals surface area contributed by atoms with Gasteiger partial charge >= 0.3 is 12.1 Å². The number of hydrogen-bond donors (Lipinski definition) is 2. The van der Waals surface area contributed by atoms with Gasteiger partial charge in [-0.1, -0.05) is 36.4 Å². The molecule has 0 spiro atoms. The monoisotopic (exact) mass is 619 g/mol. The number of likely N-dealkylation sites (N-methyl/N-ethyl adjacent to an activating group) is 1. The van der Waals surface area contributed by atoms with E-state index >= 15 is 0 Å². The highest BCUT2D eigenvalue weighted by atomic mass is 19.4. The van der Waals surface area contributed by atoms with Gasteiger partial charge in [0.2, 0.25) is 5.91 Å². The second-order valence-electron chi connectivity index (χ2n) is 12.0. The molecule has 3 aromatic carbocycles. The van der Waals surface area contributed by atoms with Gasteiger partial charge in [0.25, 0.3) is 5.91 Å². The molecule has 232 valence electrons. The van der Waals surface area contributed by atoms with Crippen molar-refractivity contribution >= 4 is 61.3 Å². The number of nitrogens with one attached hydrogen (secondary N) is 2. The number of amides is 3. The van der Waals surface area contributed by atoms with E-state index in [9.17, 15) is 27.6 Å². The second-order valence-corrected chi connectivity index (χ2v) is 12.0. The molecule has 5 aromatic rings. The zero-order chi connectivity index (χ0) is 31.6. The van der Waals surface area contributed by atoms with Crippen molar-refractivity contribution < 1.29 is 37.0 Å². The first kappa shape index (κ1) is 27.9. The lowest BCUT2D eigenvalue weighted by atomic mass is 9.91. The molecule has 45 heavy (non-hydrogen) atoms. The predicted molar refractivity (Wildman–Crippen MR) is 158 cm³/mol. The van der Waals surface area contributed by atoms with Crippen molar-refractivity contribution in [1.82, 2.24) is 24.7 Å². The number of fused-ring (bicyclic) bond motifs is 13. The van der Waals surface area contributed by atoms with Gasteiger partial charge < -0.3 is 34.1 Å². The van der Waals surface area contributed by atoms with Crippen LogP contribution in [0, 0.1) is 0 Å². The van der Waals surface area contributed by atoms with E-state index in [2.05, 4.69) is 14.5 Å². The first-order chi connectivity index (χ1) is 21.5. The molecule has 2 bridgehead atoms. The summed E-state index contributed by atoms with van der Waals surface area (Å²) < 4.78 is 56.0. The lowest BCUT2D eigenvalue weighted by molar-refractivity contribution is -0.266. The minimum absolute atomic E-state index is 0.148. The molecule has 0 saturated carbocycles. The molecule has 3 aliphatic rings. The van der Waals surface area contributed by atoms with Gasteiger partial charge in [-0.3, -0.25) is 14.4 Å². The maximum Gasteiger partial charge on any atom is 0.471 e. The Morgan fingerprint density at radius 1 is 1.09 bits per heavy atom. The van der Waals surface area contributed by atoms with Crippen molar-refractivity contribution in [3.05, 3.63) is 59.7 Å². The SMILES string of the molecule is CO[C@@H]1[C@H](N(C)C(=O)CNC(=O)C(F)(F)F)C[C@H]2O[C@]1(C)n1c3ccccc3c3c4c(c5c6ccccc6n2c5c31)C(=O)NC4. The number of alkyl halides is 3. The smallest absolute Gasteiger partial charge is 0.374 e. The molecule has 2 aromatic heterocycles. The van der Waals surface area contributed by atoms with Gasteiger partial charge in [-0.25, -0.2) is 0 Å². The summed E-state index contributed by atoms with van der Waals surface area (Å²) in [5, 5.41) is 8.29. The fourth-order valence-corrected chi connectivity index (χ4v) is 7.96. The number of ether oxygens (including phenoxy) is 2. The third-order valence-corrected chi connectivity index (χ3v) is 9.75. The summed E-state index contributed by atoms with van der Waals surface area (Å²) in [5.74, 6) is -3.04. The van der Waals surface area contributed by atoms with Crippen molar-refractivity contribution in [2.24, 2.45) is 0 Å². The van der Waals surface area contributed by atoms with Crippen LogP contribution < -0.4 is 10.6 Å². The molecule has 3 amide bonds. The molecule has 4 atom stereocenters. The van der Waals surface area contributed by atoms with E-state index < -0.39 is 48.6 Å². The highest BCUT2D eigenvalue weighted by molar-refractivity contribution is 6.31. The standard InChI is InChI=1S/C32H28F3N5O5/c1-31-28(44-3)20(38(2)21(41)14-37-30(43)32(33,34)35)12-22(45-31)39-18-10-6-4-8-15(18)24-25-17(13-36-29(25)42)23-16-9-5-7-11-19(16)40(31)27(23)26(24)39/h4-11,20,22,28H,12-14H2,1-3H3,(H,36,42)(H,37,43)/t20-,22-,28-,31+/m1/s1. The zero-order valence-electron chi connectivity index (χ0n) is 24.5. The van der Waals surface area contributed by atoms with Gasteiger partial charge in [-0.05, 0) is 24.6 Å². The van der Waals surface area contributed by atoms with Crippen LogP contribution >= 0.6 is 0 Å². The normalized spacial score (nSPS) is 24.0. The van der Waals surface area contributed by atoms with E-state index in [1.165, 1.54) is 19.1 Å². The van der Waals surface area contributed by atoms with E-state index in [0.717, 1.165) is 49.2 Å². The Labute approximate surface area is 253 Å². The fraction of sp³-hybridized carbons (Fsp3) is 0.344. The van der Waals surface area contributed by atoms with Gasteiger partial charge in [0.05, 0.1) is 40.2 Å². The first-order valence-electron chi connectivity index (χ1n) is 14.6. The molecule has 13 heteroatoms. The minimum Gasteiger partial charge on any atom is -0.374 e. The van der Waals surface area contributed by atoms with Gasteiger partial charge in [-0.15, -0.1) is 0 Å². The average molecular weight is 620 g/mol. The number of carbonyl (C=O) groups is 3. The quantitative estimate of drug-likeness (QED) is 0.313. The predicted octanol–water partition coefficient (Wildman–Crippen LogP) is 4.27. The Morgan fingerprint density at radius 2 is 1.76 bits per heavy atom. The van der Waals surface area contributed by atoms with Crippen LogP contribution in [0.1, 0.15) is 35.5 Å². The Balaban J connectivity index is 1.41. The van der Waals surface area contributed by atoms with E-state index in [4.69, 9.17) is 9.47 Å². The summed E-state index contributed by atoms with van der Waals surface area (Å²) in [6.07, 6.45) is -6.32. The molecule has 8 rings (SSSR count). The molecule has 2 N–H and O–H groups in total. The number of para-hydroxylation sites is 2. The van der Waals surface area contributed by atoms with Crippen LogP contribution in [0.2, 0.25) is 0 Å². The molecule has 5 heterocycles. The van der Waals surface area contributed by atoms with Crippen LogP contribution in [0.25, 0.3) is 43.6 Å². The molecule has 0 aliphatic carbocycles. The van der Waals surface area contributed by atoms with Crippen LogP contribution in [0.4, 0.5) is 13.2 Å². The number of benzene rings is 3. The number of nitrogens with zero attached hydrogens (tertiary/aromatic N) is 3. The van der Waals surface area contributed by atoms with Crippen LogP contribution in [0.15, 0.2) is 48.5 Å². The summed E-state index contributed by atoms with van der Waals surface area (Å²) in [5.41, 5.74) is 3.70. The summed E-state index contributed by atoms with van der Waals surface area (Å²) >= 11 is 0. The lowest BCUT2D eigenvalue weighted by Gasteiger charge is -2.50. The third-order valence-electron chi connectivity index (χ3n) is 9.75. The van der Waals surface area contributed by atoms with Crippen LogP contribution in [-0.4, -0.2) is 70.8 Å². The van der Waals surface area contributed by atoms with Gasteiger partial charge in [0.1, 0.15) is 12.3 Å². The van der Waals surface area contributed by atoms with E-state index in [0.29, 0.717) is 12.1 Å². The van der Waals surface area contributed by atoms with Crippen molar-refractivity contribution in [1.29, 1.82) is 0 Å². The largest absolute Gasteiger partial charge is 0.471 e. The van der Waals surface area contributed by atoms with E-state index in [1.807, 2.05) is 55.5 Å². The van der Waals surface area contributed by atoms with E-state index in [-0.39, 0.29) is 12.3 Å². The highest BCUT2D eigenvalue weighted by Gasteiger charge is 2.55. The molecule has 10 nitrogen and oxygen atoms in total. The van der Waals surface area contributed by atoms with Crippen LogP contribution in [0.5, 0.6) is 0 Å². The van der Waals surface area contributed by atoms with Gasteiger partial charge in [0.15, 0.2) is 5.72 Å². The number of halogens is 3. The fourth-order valence-electron chi connectivity index (χ4n) is 7.96. The summed E-state index contributed by atoms with van der Waals surface area (Å²) in [6.45, 7) is 1.43. The minimum atomic E-state index is -5.11. The van der Waals surface area contributed by atoms with Crippen molar-refractivity contribution in [2.45, 2.75) is 50.2 Å². The maximum atomic E-state index is 13.5. The Morgan fingerprint density at radius 3 is 2.44 bits per heavy atom. The highest BCUT2D eigenvalue weighted by Crippen LogP contribution is 2.54. The number of carbonyl (C=O) groups excluding carboxylic acids is 3. The Hall–Kier alpha value is -4.62. The number of rotatable bonds is 4. The molecular formula is C32H28F3N5O5. The first-order valence-corrected chi connectivity index (χ1v) is 14.6. The van der Waals surface area contributed by atoms with Crippen LogP contribution in [0.3, 0.4) is 0 Å². The molecule has 0 unspecified atom stereocenters. The van der Waals surface area contributed by atoms with Crippen molar-refractivity contribution in [2.75, 3.05) is 20.7 Å². The van der Waals surface area contributed by atoms with Crippen molar-refractivity contribution in [3.63, 3.8) is 0 Å². The number of methoxy groups -OCH3 is 1.